The van der Waals surface area contributed by atoms with E-state index < -0.39 is 8.32 Å². The Balaban J connectivity index is 2.13. The molecule has 1 fully saturated rings. The van der Waals surface area contributed by atoms with E-state index in [1.165, 1.54) is 6.08 Å². The fourth-order valence-corrected chi connectivity index (χ4v) is 3.91. The molecule has 130 valence electrons. The van der Waals surface area contributed by atoms with Crippen LogP contribution < -0.4 is 5.32 Å². The molecule has 1 aliphatic rings. The molecule has 1 aromatic rings. The van der Waals surface area contributed by atoms with Gasteiger partial charge in [-0.05, 0) is 25.1 Å². The van der Waals surface area contributed by atoms with Crippen LogP contribution in [0.3, 0.4) is 0 Å². The molecule has 0 saturated carbocycles. The SMILES string of the molecule is C[C@@H](O[Si](C)(C)C(C)(C)C)[C@H]1C(=O)N/C1=C\C(=O)c1ccccc1. The molecule has 4 nitrogen and oxygen atoms in total. The van der Waals surface area contributed by atoms with Crippen LogP contribution >= 0.6 is 0 Å². The van der Waals surface area contributed by atoms with Crippen molar-refractivity contribution in [3.63, 3.8) is 0 Å². The number of carbonyl (C=O) groups is 2. The largest absolute Gasteiger partial charge is 0.413 e. The third-order valence-electron chi connectivity index (χ3n) is 4.99. The van der Waals surface area contributed by atoms with Gasteiger partial charge in [0.1, 0.15) is 5.92 Å². The quantitative estimate of drug-likeness (QED) is 0.381. The van der Waals surface area contributed by atoms with E-state index in [4.69, 9.17) is 4.43 Å². The van der Waals surface area contributed by atoms with Crippen LogP contribution in [-0.4, -0.2) is 26.1 Å². The van der Waals surface area contributed by atoms with E-state index in [2.05, 4.69) is 39.2 Å². The third-order valence-corrected chi connectivity index (χ3v) is 9.56. The van der Waals surface area contributed by atoms with Gasteiger partial charge in [-0.25, -0.2) is 0 Å². The summed E-state index contributed by atoms with van der Waals surface area (Å²) in [6, 6.07) is 9.05. The molecule has 2 atom stereocenters. The normalized spacial score (nSPS) is 21.2. The number of benzene rings is 1. The molecule has 1 heterocycles. The van der Waals surface area contributed by atoms with Crippen molar-refractivity contribution < 1.29 is 14.0 Å². The Morgan fingerprint density at radius 3 is 2.33 bits per heavy atom. The van der Waals surface area contributed by atoms with Crippen LogP contribution in [0.4, 0.5) is 0 Å². The molecule has 0 aliphatic carbocycles. The number of hydrogen-bond donors (Lipinski definition) is 1. The van der Waals surface area contributed by atoms with Gasteiger partial charge in [-0.3, -0.25) is 9.59 Å². The standard InChI is InChI=1S/C19H27NO3Si/c1-13(23-24(5,6)19(2,3)4)17-15(20-18(17)22)12-16(21)14-10-8-7-9-11-14/h7-13,17H,1-6H3,(H,20,22)/b15-12-/t13-,17-/m1/s1. The molecule has 2 rings (SSSR count). The van der Waals surface area contributed by atoms with Crippen LogP contribution in [0.5, 0.6) is 0 Å². The molecule has 0 aromatic heterocycles. The summed E-state index contributed by atoms with van der Waals surface area (Å²) in [5.74, 6) is -0.560. The zero-order chi connectivity index (χ0) is 18.1. The van der Waals surface area contributed by atoms with Gasteiger partial charge in [0.05, 0.1) is 6.10 Å². The number of β-lactam (4-membered cyclic amide) rings is 1. The van der Waals surface area contributed by atoms with E-state index in [0.29, 0.717) is 11.3 Å². The van der Waals surface area contributed by atoms with E-state index in [1.807, 2.05) is 25.1 Å². The van der Waals surface area contributed by atoms with Crippen LogP contribution in [0.1, 0.15) is 38.1 Å². The lowest BCUT2D eigenvalue weighted by molar-refractivity contribution is -0.131. The van der Waals surface area contributed by atoms with Crippen molar-refractivity contribution in [1.82, 2.24) is 5.32 Å². The molecule has 0 unspecified atom stereocenters. The van der Waals surface area contributed by atoms with Crippen molar-refractivity contribution in [3.05, 3.63) is 47.7 Å². The van der Waals surface area contributed by atoms with Crippen LogP contribution in [0.2, 0.25) is 18.1 Å². The molecule has 0 spiro atoms. The summed E-state index contributed by atoms with van der Waals surface area (Å²) >= 11 is 0. The highest BCUT2D eigenvalue weighted by Crippen LogP contribution is 2.39. The predicted molar refractivity (Wildman–Crippen MR) is 98.2 cm³/mol. The number of amides is 1. The van der Waals surface area contributed by atoms with Gasteiger partial charge in [0, 0.05) is 17.3 Å². The first-order chi connectivity index (χ1) is 11.0. The molecule has 0 radical (unpaired) electrons. The first-order valence-corrected chi connectivity index (χ1v) is 11.2. The molecule has 1 aromatic carbocycles. The summed E-state index contributed by atoms with van der Waals surface area (Å²) in [7, 11) is -1.97. The number of hydrogen-bond acceptors (Lipinski definition) is 3. The minimum atomic E-state index is -1.97. The zero-order valence-electron chi connectivity index (χ0n) is 15.3. The maximum Gasteiger partial charge on any atom is 0.235 e. The molecule has 24 heavy (non-hydrogen) atoms. The van der Waals surface area contributed by atoms with Crippen molar-refractivity contribution in [2.45, 2.75) is 51.9 Å². The second-order valence-electron chi connectivity index (χ2n) is 7.88. The summed E-state index contributed by atoms with van der Waals surface area (Å²) in [6.45, 7) is 12.8. The summed E-state index contributed by atoms with van der Waals surface area (Å²) in [5, 5.41) is 2.81. The molecular weight excluding hydrogens is 318 g/mol. The Kier molecular flexibility index (Phi) is 5.16. The molecule has 5 heteroatoms. The lowest BCUT2D eigenvalue weighted by Gasteiger charge is -2.42. The molecule has 1 N–H and O–H groups in total. The van der Waals surface area contributed by atoms with E-state index >= 15 is 0 Å². The first kappa shape index (κ1) is 18.6. The number of ketones is 1. The Bertz CT molecular complexity index is 659. The fraction of sp³-hybridized carbons (Fsp3) is 0.474. The van der Waals surface area contributed by atoms with Crippen LogP contribution in [0, 0.1) is 5.92 Å². The smallest absolute Gasteiger partial charge is 0.235 e. The van der Waals surface area contributed by atoms with Gasteiger partial charge in [-0.1, -0.05) is 51.1 Å². The van der Waals surface area contributed by atoms with Gasteiger partial charge in [-0.2, -0.15) is 0 Å². The van der Waals surface area contributed by atoms with Gasteiger partial charge < -0.3 is 9.74 Å². The fourth-order valence-electron chi connectivity index (χ4n) is 2.49. The topological polar surface area (TPSA) is 55.4 Å². The van der Waals surface area contributed by atoms with Crippen molar-refractivity contribution in [1.29, 1.82) is 0 Å². The second kappa shape index (κ2) is 6.65. The predicted octanol–water partition coefficient (Wildman–Crippen LogP) is 3.91. The van der Waals surface area contributed by atoms with Crippen LogP contribution in [0.15, 0.2) is 42.1 Å². The van der Waals surface area contributed by atoms with E-state index in [1.54, 1.807) is 12.1 Å². The van der Waals surface area contributed by atoms with Crippen molar-refractivity contribution in [2.75, 3.05) is 0 Å². The van der Waals surface area contributed by atoms with Crippen molar-refractivity contribution in [3.8, 4) is 0 Å². The monoisotopic (exact) mass is 345 g/mol. The minimum Gasteiger partial charge on any atom is -0.413 e. The van der Waals surface area contributed by atoms with Gasteiger partial charge >= 0.3 is 0 Å². The Hall–Kier alpha value is -1.72. The molecule has 1 saturated heterocycles. The Labute approximate surface area is 145 Å². The number of rotatable bonds is 5. The van der Waals surface area contributed by atoms with E-state index in [9.17, 15) is 9.59 Å². The molecular formula is C19H27NO3Si. The van der Waals surface area contributed by atoms with E-state index in [0.717, 1.165) is 0 Å². The Morgan fingerprint density at radius 1 is 1.25 bits per heavy atom. The third kappa shape index (κ3) is 3.84. The lowest BCUT2D eigenvalue weighted by Crippen LogP contribution is -2.55. The number of allylic oxidation sites excluding steroid dienone is 1. The van der Waals surface area contributed by atoms with Crippen molar-refractivity contribution in [2.24, 2.45) is 5.92 Å². The zero-order valence-corrected chi connectivity index (χ0v) is 16.3. The molecule has 0 bridgehead atoms. The highest BCUT2D eigenvalue weighted by molar-refractivity contribution is 6.74. The number of carbonyl (C=O) groups excluding carboxylic acids is 2. The second-order valence-corrected chi connectivity index (χ2v) is 12.6. The van der Waals surface area contributed by atoms with E-state index in [-0.39, 0.29) is 28.8 Å². The summed E-state index contributed by atoms with van der Waals surface area (Å²) in [4.78, 5) is 24.3. The van der Waals surface area contributed by atoms with Gasteiger partial charge in [-0.15, -0.1) is 0 Å². The van der Waals surface area contributed by atoms with Crippen LogP contribution in [-0.2, 0) is 9.22 Å². The summed E-state index contributed by atoms with van der Waals surface area (Å²) in [5.41, 5.74) is 1.27. The van der Waals surface area contributed by atoms with Gasteiger partial charge in [0.2, 0.25) is 5.91 Å². The maximum atomic E-state index is 12.3. The maximum absolute atomic E-state index is 12.3. The lowest BCUT2D eigenvalue weighted by atomic mass is 9.90. The average Bonchev–Trinajstić information content (AvgIpc) is 2.45. The highest BCUT2D eigenvalue weighted by Gasteiger charge is 2.45. The van der Waals surface area contributed by atoms with Crippen LogP contribution in [0.25, 0.3) is 0 Å². The number of nitrogens with one attached hydrogen (secondary N) is 1. The van der Waals surface area contributed by atoms with Gasteiger partial charge in [0.15, 0.2) is 14.1 Å². The Morgan fingerprint density at radius 2 is 1.83 bits per heavy atom. The average molecular weight is 346 g/mol. The molecule has 1 amide bonds. The minimum absolute atomic E-state index is 0.0746. The van der Waals surface area contributed by atoms with Crippen molar-refractivity contribution >= 4 is 20.0 Å². The summed E-state index contributed by atoms with van der Waals surface area (Å²) in [6.07, 6.45) is 1.28. The highest BCUT2D eigenvalue weighted by atomic mass is 28.4. The molecule has 1 aliphatic heterocycles. The van der Waals surface area contributed by atoms with Gasteiger partial charge in [0.25, 0.3) is 0 Å². The first-order valence-electron chi connectivity index (χ1n) is 8.32. The summed E-state index contributed by atoms with van der Waals surface area (Å²) < 4.78 is 6.32.